The maximum absolute atomic E-state index is 13.0. The summed E-state index contributed by atoms with van der Waals surface area (Å²) in [5.41, 5.74) is 6.50. The first-order valence-electron chi connectivity index (χ1n) is 10.6. The maximum Gasteiger partial charge on any atom is 0.123 e. The average Bonchev–Trinajstić information content (AvgIpc) is 2.75. The summed E-state index contributed by atoms with van der Waals surface area (Å²) in [4.78, 5) is 0. The minimum absolute atomic E-state index is 0.167. The Morgan fingerprint density at radius 1 is 0.679 bits per heavy atom. The number of rotatable bonds is 7. The zero-order valence-electron chi connectivity index (χ0n) is 17.7. The Morgan fingerprint density at radius 3 is 1.61 bits per heavy atom. The lowest BCUT2D eigenvalue weighted by atomic mass is 9.93. The molecule has 0 aromatic heterocycles. The highest BCUT2D eigenvalue weighted by atomic mass is 19.1. The van der Waals surface area contributed by atoms with E-state index >= 15 is 0 Å². The van der Waals surface area contributed by atoms with Crippen LogP contribution in [0.15, 0.2) is 72.8 Å². The minimum atomic E-state index is -0.167. The van der Waals surface area contributed by atoms with Crippen molar-refractivity contribution in [2.75, 3.05) is 0 Å². The van der Waals surface area contributed by atoms with Crippen LogP contribution >= 0.6 is 0 Å². The van der Waals surface area contributed by atoms with Gasteiger partial charge >= 0.3 is 0 Å². The topological polar surface area (TPSA) is 0 Å². The summed E-state index contributed by atoms with van der Waals surface area (Å²) in [6, 6.07) is 24.7. The molecule has 3 aromatic carbocycles. The van der Waals surface area contributed by atoms with Crippen molar-refractivity contribution in [3.63, 3.8) is 0 Å². The first-order valence-corrected chi connectivity index (χ1v) is 10.6. The highest BCUT2D eigenvalue weighted by Gasteiger charge is 2.06. The fourth-order valence-corrected chi connectivity index (χ4v) is 3.36. The fourth-order valence-electron chi connectivity index (χ4n) is 3.36. The van der Waals surface area contributed by atoms with E-state index in [-0.39, 0.29) is 5.82 Å². The van der Waals surface area contributed by atoms with Gasteiger partial charge in [-0.15, -0.1) is 0 Å². The molecule has 0 radical (unpaired) electrons. The molecule has 0 fully saturated rings. The summed E-state index contributed by atoms with van der Waals surface area (Å²) in [6.45, 7) is 8.42. The second kappa shape index (κ2) is 11.4. The minimum Gasteiger partial charge on any atom is -0.207 e. The van der Waals surface area contributed by atoms with Crippen LogP contribution in [0.25, 0.3) is 11.1 Å². The van der Waals surface area contributed by atoms with Gasteiger partial charge < -0.3 is 0 Å². The van der Waals surface area contributed by atoms with Gasteiger partial charge in [0.15, 0.2) is 0 Å². The zero-order chi connectivity index (χ0) is 20.4. The zero-order valence-corrected chi connectivity index (χ0v) is 17.7. The van der Waals surface area contributed by atoms with Gasteiger partial charge in [0.1, 0.15) is 5.82 Å². The van der Waals surface area contributed by atoms with E-state index < -0.39 is 0 Å². The maximum atomic E-state index is 13.0. The molecule has 0 N–H and O–H groups in total. The van der Waals surface area contributed by atoms with Crippen molar-refractivity contribution in [1.29, 1.82) is 0 Å². The normalized spacial score (nSPS) is 11.5. The summed E-state index contributed by atoms with van der Waals surface area (Å²) in [6.07, 6.45) is 4.43. The van der Waals surface area contributed by atoms with Crippen molar-refractivity contribution in [3.8, 4) is 11.1 Å². The monoisotopic (exact) mass is 376 g/mol. The lowest BCUT2D eigenvalue weighted by Gasteiger charge is -2.12. The predicted molar refractivity (Wildman–Crippen MR) is 120 cm³/mol. The molecule has 1 heteroatoms. The van der Waals surface area contributed by atoms with E-state index in [0.717, 1.165) is 19.3 Å². The quantitative estimate of drug-likeness (QED) is 0.390. The third kappa shape index (κ3) is 6.34. The Bertz CT molecular complexity index is 798. The van der Waals surface area contributed by atoms with Crippen molar-refractivity contribution in [3.05, 3.63) is 95.3 Å². The molecule has 0 saturated carbocycles. The van der Waals surface area contributed by atoms with E-state index in [1.165, 1.54) is 34.2 Å². The molecule has 0 bridgehead atoms. The Balaban J connectivity index is 0.00000136. The number of hydrogen-bond acceptors (Lipinski definition) is 0. The van der Waals surface area contributed by atoms with Crippen molar-refractivity contribution in [1.82, 2.24) is 0 Å². The van der Waals surface area contributed by atoms with E-state index in [9.17, 15) is 4.39 Å². The molecule has 0 aliphatic carbocycles. The van der Waals surface area contributed by atoms with E-state index in [0.29, 0.717) is 5.92 Å². The Morgan fingerprint density at radius 2 is 1.14 bits per heavy atom. The van der Waals surface area contributed by atoms with Crippen LogP contribution in [0.3, 0.4) is 0 Å². The Hall–Kier alpha value is -2.41. The van der Waals surface area contributed by atoms with Gasteiger partial charge in [-0.25, -0.2) is 4.39 Å². The summed E-state index contributed by atoms with van der Waals surface area (Å²) >= 11 is 0. The van der Waals surface area contributed by atoms with Gasteiger partial charge in [0.05, 0.1) is 0 Å². The van der Waals surface area contributed by atoms with Gasteiger partial charge in [-0.3, -0.25) is 0 Å². The first-order chi connectivity index (χ1) is 13.7. The van der Waals surface area contributed by atoms with Crippen molar-refractivity contribution >= 4 is 0 Å². The molecule has 148 valence electrons. The van der Waals surface area contributed by atoms with Crippen molar-refractivity contribution < 1.29 is 4.39 Å². The smallest absolute Gasteiger partial charge is 0.123 e. The van der Waals surface area contributed by atoms with Gasteiger partial charge in [0.25, 0.3) is 0 Å². The molecule has 1 unspecified atom stereocenters. The van der Waals surface area contributed by atoms with Crippen molar-refractivity contribution in [2.45, 2.75) is 59.3 Å². The number of halogens is 1. The third-order valence-corrected chi connectivity index (χ3v) is 5.08. The molecular weight excluding hydrogens is 343 g/mol. The van der Waals surface area contributed by atoms with Crippen LogP contribution in [0.4, 0.5) is 4.39 Å². The van der Waals surface area contributed by atoms with Gasteiger partial charge in [-0.05, 0) is 65.1 Å². The van der Waals surface area contributed by atoms with Crippen LogP contribution in [0, 0.1) is 5.82 Å². The van der Waals surface area contributed by atoms with E-state index in [1.807, 2.05) is 26.0 Å². The molecule has 0 nitrogen and oxygen atoms in total. The van der Waals surface area contributed by atoms with Gasteiger partial charge in [-0.2, -0.15) is 0 Å². The van der Waals surface area contributed by atoms with Crippen LogP contribution in [-0.4, -0.2) is 0 Å². The van der Waals surface area contributed by atoms with Crippen molar-refractivity contribution in [2.24, 2.45) is 0 Å². The molecule has 0 spiro atoms. The molecule has 0 heterocycles. The Labute approximate surface area is 170 Å². The van der Waals surface area contributed by atoms with Gasteiger partial charge in [-0.1, -0.05) is 94.8 Å². The third-order valence-electron chi connectivity index (χ3n) is 5.08. The van der Waals surface area contributed by atoms with Crippen LogP contribution in [0.2, 0.25) is 0 Å². The second-order valence-electron chi connectivity index (χ2n) is 7.14. The number of aryl methyl sites for hydroxylation is 2. The molecule has 0 saturated heterocycles. The Kier molecular flexibility index (Phi) is 8.94. The molecular formula is C27H33F. The van der Waals surface area contributed by atoms with E-state index in [1.54, 1.807) is 12.1 Å². The second-order valence-corrected chi connectivity index (χ2v) is 7.14. The first kappa shape index (κ1) is 21.9. The highest BCUT2D eigenvalue weighted by Crippen LogP contribution is 2.24. The molecule has 28 heavy (non-hydrogen) atoms. The highest BCUT2D eigenvalue weighted by molar-refractivity contribution is 5.64. The van der Waals surface area contributed by atoms with E-state index in [4.69, 9.17) is 0 Å². The predicted octanol–water partition coefficient (Wildman–Crippen LogP) is 8.21. The molecule has 3 aromatic rings. The summed E-state index contributed by atoms with van der Waals surface area (Å²) in [5.74, 6) is 0.264. The van der Waals surface area contributed by atoms with Gasteiger partial charge in [0.2, 0.25) is 0 Å². The molecule has 0 aliphatic rings. The molecule has 3 rings (SSSR count). The summed E-state index contributed by atoms with van der Waals surface area (Å²) in [5, 5.41) is 0. The molecule has 0 aliphatic heterocycles. The fraction of sp³-hybridized carbons (Fsp3) is 0.333. The van der Waals surface area contributed by atoms with E-state index in [2.05, 4.69) is 62.4 Å². The molecule has 1 atom stereocenters. The summed E-state index contributed by atoms with van der Waals surface area (Å²) in [7, 11) is 0. The average molecular weight is 377 g/mol. The summed E-state index contributed by atoms with van der Waals surface area (Å²) < 4.78 is 13.0. The van der Waals surface area contributed by atoms with Crippen LogP contribution in [-0.2, 0) is 12.8 Å². The lowest BCUT2D eigenvalue weighted by Crippen LogP contribution is -1.96. The number of benzene rings is 3. The largest absolute Gasteiger partial charge is 0.207 e. The van der Waals surface area contributed by atoms with Gasteiger partial charge in [0, 0.05) is 0 Å². The standard InChI is InChI=1S/C25H27F.C2H6/c1-3-4-20-7-11-23(12-8-20)24-13-9-21(10-14-24)6-5-19(2)22-15-17-25(26)18-16-22;1-2/h7-19H,3-6H2,1-2H3;1-2H3. The van der Waals surface area contributed by atoms with Crippen LogP contribution in [0.5, 0.6) is 0 Å². The van der Waals surface area contributed by atoms with Crippen LogP contribution < -0.4 is 0 Å². The SMILES string of the molecule is CC.CCCc1ccc(-c2ccc(CCC(C)c3ccc(F)cc3)cc2)cc1. The van der Waals surface area contributed by atoms with Crippen LogP contribution in [0.1, 0.15) is 63.1 Å². The lowest BCUT2D eigenvalue weighted by molar-refractivity contribution is 0.623. The number of hydrogen-bond donors (Lipinski definition) is 0. The molecule has 0 amide bonds.